The van der Waals surface area contributed by atoms with Crippen molar-refractivity contribution in [3.8, 4) is 0 Å². The van der Waals surface area contributed by atoms with Crippen LogP contribution in [-0.2, 0) is 16.6 Å². The maximum atomic E-state index is 13.1. The van der Waals surface area contributed by atoms with Crippen LogP contribution < -0.4 is 10.0 Å². The van der Waals surface area contributed by atoms with Crippen molar-refractivity contribution in [1.29, 1.82) is 0 Å². The summed E-state index contributed by atoms with van der Waals surface area (Å²) in [5.74, 6) is 0.393. The number of hydrogen-bond donors (Lipinski definition) is 2. The molecule has 2 aromatic carbocycles. The summed E-state index contributed by atoms with van der Waals surface area (Å²) in [5, 5.41) is 7.59. The lowest BCUT2D eigenvalue weighted by atomic mass is 10.2. The van der Waals surface area contributed by atoms with E-state index in [4.69, 9.17) is 0 Å². The van der Waals surface area contributed by atoms with E-state index in [2.05, 4.69) is 49.2 Å². The first-order valence-corrected chi connectivity index (χ1v) is 15.3. The first-order chi connectivity index (χ1) is 18.9. The van der Waals surface area contributed by atoms with Gasteiger partial charge in [0.15, 0.2) is 0 Å². The number of nitrogens with zero attached hydrogens (tertiary/aromatic N) is 4. The Labute approximate surface area is 231 Å². The number of aromatic nitrogens is 2. The molecule has 2 aliphatic rings. The summed E-state index contributed by atoms with van der Waals surface area (Å²) in [6.07, 6.45) is 5.95. The summed E-state index contributed by atoms with van der Waals surface area (Å²) in [6, 6.07) is 16.7. The smallest absolute Gasteiger partial charge is 0.256 e. The Morgan fingerprint density at radius 3 is 2.49 bits per heavy atom. The molecule has 3 aromatic rings. The number of likely N-dealkylation sites (tertiary alicyclic amines) is 2. The molecule has 1 amide bonds. The van der Waals surface area contributed by atoms with Crippen LogP contribution in [0, 0.1) is 6.92 Å². The Balaban J connectivity index is 1.17. The molecule has 0 radical (unpaired) electrons. The number of nitrogens with one attached hydrogen (secondary N) is 2. The molecule has 2 fully saturated rings. The standard InChI is InChI=1S/C29H38N6O3S/c1-23-20-30-35(26-14-19-34(22-26)21-24-8-3-2-4-9-24)28(23)32-29(36)25-10-12-27(13-11-25)39(37,38)31-15-7-18-33-16-5-6-17-33/h2-4,8-13,20,26,31H,5-7,14-19,21-22H2,1H3,(H,32,36). The highest BCUT2D eigenvalue weighted by Gasteiger charge is 2.27. The molecular formula is C29H38N6O3S. The maximum absolute atomic E-state index is 13.1. The zero-order valence-corrected chi connectivity index (χ0v) is 23.4. The number of carbonyl (C=O) groups is 1. The number of sulfonamides is 1. The van der Waals surface area contributed by atoms with Gasteiger partial charge in [-0.1, -0.05) is 30.3 Å². The number of amides is 1. The van der Waals surface area contributed by atoms with Gasteiger partial charge in [0.05, 0.1) is 17.1 Å². The minimum atomic E-state index is -3.62. The molecule has 10 heteroatoms. The Kier molecular flexibility index (Phi) is 8.76. The Hall–Kier alpha value is -3.05. The second-order valence-electron chi connectivity index (χ2n) is 10.6. The number of anilines is 1. The highest BCUT2D eigenvalue weighted by molar-refractivity contribution is 7.89. The molecule has 2 saturated heterocycles. The van der Waals surface area contributed by atoms with Crippen LogP contribution in [0.3, 0.4) is 0 Å². The predicted octanol–water partition coefficient (Wildman–Crippen LogP) is 3.66. The van der Waals surface area contributed by atoms with Crippen LogP contribution in [0.1, 0.15) is 53.2 Å². The van der Waals surface area contributed by atoms with E-state index < -0.39 is 10.0 Å². The topological polar surface area (TPSA) is 99.6 Å². The molecule has 0 bridgehead atoms. The number of aryl methyl sites for hydroxylation is 1. The first kappa shape index (κ1) is 27.5. The Morgan fingerprint density at radius 1 is 1.00 bits per heavy atom. The van der Waals surface area contributed by atoms with E-state index in [1.54, 1.807) is 18.3 Å². The van der Waals surface area contributed by atoms with Crippen LogP contribution in [0.5, 0.6) is 0 Å². The van der Waals surface area contributed by atoms with Crippen molar-refractivity contribution in [3.63, 3.8) is 0 Å². The summed E-state index contributed by atoms with van der Waals surface area (Å²) in [7, 11) is -3.62. The van der Waals surface area contributed by atoms with Crippen LogP contribution in [0.2, 0.25) is 0 Å². The molecule has 0 aliphatic carbocycles. The molecule has 39 heavy (non-hydrogen) atoms. The van der Waals surface area contributed by atoms with Crippen LogP contribution in [0.15, 0.2) is 65.7 Å². The number of hydrogen-bond acceptors (Lipinski definition) is 6. The zero-order valence-electron chi connectivity index (χ0n) is 22.6. The van der Waals surface area contributed by atoms with Crippen molar-refractivity contribution in [3.05, 3.63) is 77.5 Å². The molecule has 0 spiro atoms. The summed E-state index contributed by atoms with van der Waals surface area (Å²) < 4.78 is 30.0. The van der Waals surface area contributed by atoms with Crippen LogP contribution in [0.25, 0.3) is 0 Å². The van der Waals surface area contributed by atoms with E-state index in [1.165, 1.54) is 30.5 Å². The van der Waals surface area contributed by atoms with Crippen LogP contribution in [-0.4, -0.2) is 73.2 Å². The van der Waals surface area contributed by atoms with E-state index in [-0.39, 0.29) is 16.8 Å². The van der Waals surface area contributed by atoms with Crippen molar-refractivity contribution in [2.24, 2.45) is 0 Å². The lowest BCUT2D eigenvalue weighted by Crippen LogP contribution is -2.28. The predicted molar refractivity (Wildman–Crippen MR) is 152 cm³/mol. The van der Waals surface area contributed by atoms with E-state index in [0.717, 1.165) is 57.7 Å². The van der Waals surface area contributed by atoms with E-state index >= 15 is 0 Å². The monoisotopic (exact) mass is 550 g/mol. The van der Waals surface area contributed by atoms with Gasteiger partial charge in [-0.15, -0.1) is 0 Å². The molecular weight excluding hydrogens is 512 g/mol. The van der Waals surface area contributed by atoms with Gasteiger partial charge in [-0.25, -0.2) is 17.8 Å². The van der Waals surface area contributed by atoms with Gasteiger partial charge in [0, 0.05) is 37.3 Å². The minimum absolute atomic E-state index is 0.158. The maximum Gasteiger partial charge on any atom is 0.256 e. The molecule has 208 valence electrons. The second kappa shape index (κ2) is 12.4. The van der Waals surface area contributed by atoms with E-state index in [1.807, 2.05) is 17.7 Å². The molecule has 2 aliphatic heterocycles. The third kappa shape index (κ3) is 6.94. The summed E-state index contributed by atoms with van der Waals surface area (Å²) in [4.78, 5) is 18.0. The number of rotatable bonds is 11. The quantitative estimate of drug-likeness (QED) is 0.354. The fourth-order valence-corrected chi connectivity index (χ4v) is 6.52. The van der Waals surface area contributed by atoms with Crippen molar-refractivity contribution in [2.45, 2.75) is 50.1 Å². The Morgan fingerprint density at radius 2 is 1.74 bits per heavy atom. The van der Waals surface area contributed by atoms with Gasteiger partial charge in [0.1, 0.15) is 5.82 Å². The molecule has 5 rings (SSSR count). The minimum Gasteiger partial charge on any atom is -0.307 e. The van der Waals surface area contributed by atoms with Gasteiger partial charge < -0.3 is 10.2 Å². The molecule has 1 atom stereocenters. The molecule has 2 N–H and O–H groups in total. The zero-order chi connectivity index (χ0) is 27.2. The molecule has 0 saturated carbocycles. The largest absolute Gasteiger partial charge is 0.307 e. The van der Waals surface area contributed by atoms with E-state index in [9.17, 15) is 13.2 Å². The summed E-state index contributed by atoms with van der Waals surface area (Å²) in [5.41, 5.74) is 2.57. The lowest BCUT2D eigenvalue weighted by Gasteiger charge is -2.18. The van der Waals surface area contributed by atoms with Crippen LogP contribution >= 0.6 is 0 Å². The van der Waals surface area contributed by atoms with Gasteiger partial charge in [-0.05, 0) is 82.1 Å². The van der Waals surface area contributed by atoms with Crippen LogP contribution in [0.4, 0.5) is 5.82 Å². The highest BCUT2D eigenvalue weighted by atomic mass is 32.2. The van der Waals surface area contributed by atoms with Gasteiger partial charge in [-0.2, -0.15) is 5.10 Å². The van der Waals surface area contributed by atoms with Gasteiger partial charge >= 0.3 is 0 Å². The van der Waals surface area contributed by atoms with Crippen molar-refractivity contribution >= 4 is 21.7 Å². The van der Waals surface area contributed by atoms with Crippen molar-refractivity contribution < 1.29 is 13.2 Å². The SMILES string of the molecule is Cc1cnn(C2CCN(Cc3ccccc3)C2)c1NC(=O)c1ccc(S(=O)(=O)NCCCN2CCCC2)cc1. The summed E-state index contributed by atoms with van der Waals surface area (Å²) in [6.45, 7) is 8.15. The van der Waals surface area contributed by atoms with Crippen molar-refractivity contribution in [1.82, 2.24) is 24.3 Å². The van der Waals surface area contributed by atoms with Gasteiger partial charge in [-0.3, -0.25) is 9.69 Å². The average molecular weight is 551 g/mol. The third-order valence-electron chi connectivity index (χ3n) is 7.62. The van der Waals surface area contributed by atoms with E-state index in [0.29, 0.717) is 17.9 Å². The molecule has 1 unspecified atom stereocenters. The number of benzene rings is 2. The Bertz CT molecular complexity index is 1350. The average Bonchev–Trinajstić information content (AvgIpc) is 3.70. The summed E-state index contributed by atoms with van der Waals surface area (Å²) >= 11 is 0. The highest BCUT2D eigenvalue weighted by Crippen LogP contribution is 2.28. The second-order valence-corrected chi connectivity index (χ2v) is 12.3. The van der Waals surface area contributed by atoms with Gasteiger partial charge in [0.2, 0.25) is 10.0 Å². The third-order valence-corrected chi connectivity index (χ3v) is 9.10. The number of carbonyl (C=O) groups excluding carboxylic acids is 1. The molecule has 1 aromatic heterocycles. The first-order valence-electron chi connectivity index (χ1n) is 13.8. The molecule has 3 heterocycles. The fourth-order valence-electron chi connectivity index (χ4n) is 5.44. The molecule has 9 nitrogen and oxygen atoms in total. The van der Waals surface area contributed by atoms with Crippen molar-refractivity contribution in [2.75, 3.05) is 44.6 Å². The fraction of sp³-hybridized carbons (Fsp3) is 0.448. The lowest BCUT2D eigenvalue weighted by molar-refractivity contribution is 0.102. The normalized spacial score (nSPS) is 18.5. The van der Waals surface area contributed by atoms with Gasteiger partial charge in [0.25, 0.3) is 5.91 Å².